The Balaban J connectivity index is 1.59. The average Bonchev–Trinajstić information content (AvgIpc) is 3.10. The van der Waals surface area contributed by atoms with Crippen LogP contribution < -0.4 is 0 Å². The Morgan fingerprint density at radius 3 is 2.95 bits per heavy atom. The second kappa shape index (κ2) is 5.96. The maximum Gasteiger partial charge on any atom is 0.225 e. The lowest BCUT2D eigenvalue weighted by Crippen LogP contribution is -2.31. The molecule has 0 spiro atoms. The molecule has 0 N–H and O–H groups in total. The highest BCUT2D eigenvalue weighted by Gasteiger charge is 2.30. The van der Waals surface area contributed by atoms with E-state index in [-0.39, 0.29) is 12.0 Å². The molecule has 2 aliphatic rings. The summed E-state index contributed by atoms with van der Waals surface area (Å²) in [5.74, 6) is 0.776. The molecule has 2 aliphatic heterocycles. The molecule has 3 heteroatoms. The Bertz CT molecular complexity index is 480. The standard InChI is InChI=1S/C17H23NO2/c1-13-5-2-3-7-16(13)14-8-9-18(12-14)17(19)11-15-6-4-10-20-15/h2-3,5,7,14-15H,4,6,8-12H2,1H3. The molecule has 2 unspecified atom stereocenters. The fraction of sp³-hybridized carbons (Fsp3) is 0.588. The maximum atomic E-state index is 12.3. The molecule has 0 bridgehead atoms. The van der Waals surface area contributed by atoms with Crippen molar-refractivity contribution in [3.8, 4) is 0 Å². The molecule has 2 atom stereocenters. The van der Waals surface area contributed by atoms with Gasteiger partial charge in [0.1, 0.15) is 0 Å². The van der Waals surface area contributed by atoms with E-state index in [0.29, 0.717) is 12.3 Å². The number of benzene rings is 1. The number of rotatable bonds is 3. The van der Waals surface area contributed by atoms with Gasteiger partial charge in [0.25, 0.3) is 0 Å². The monoisotopic (exact) mass is 273 g/mol. The van der Waals surface area contributed by atoms with E-state index in [0.717, 1.165) is 39.0 Å². The molecule has 1 aromatic carbocycles. The number of amides is 1. The van der Waals surface area contributed by atoms with Gasteiger partial charge in [-0.2, -0.15) is 0 Å². The van der Waals surface area contributed by atoms with Crippen LogP contribution in [0, 0.1) is 6.92 Å². The van der Waals surface area contributed by atoms with Crippen LogP contribution in [-0.4, -0.2) is 36.6 Å². The van der Waals surface area contributed by atoms with Gasteiger partial charge in [-0.3, -0.25) is 4.79 Å². The summed E-state index contributed by atoms with van der Waals surface area (Å²) in [6, 6.07) is 8.54. The van der Waals surface area contributed by atoms with E-state index in [1.54, 1.807) is 0 Å². The van der Waals surface area contributed by atoms with Crippen molar-refractivity contribution < 1.29 is 9.53 Å². The van der Waals surface area contributed by atoms with Crippen LogP contribution in [0.4, 0.5) is 0 Å². The number of likely N-dealkylation sites (tertiary alicyclic amines) is 1. The largest absolute Gasteiger partial charge is 0.378 e. The molecule has 0 saturated carbocycles. The molecule has 20 heavy (non-hydrogen) atoms. The zero-order chi connectivity index (χ0) is 13.9. The highest BCUT2D eigenvalue weighted by molar-refractivity contribution is 5.77. The van der Waals surface area contributed by atoms with E-state index >= 15 is 0 Å². The van der Waals surface area contributed by atoms with E-state index in [1.807, 2.05) is 4.90 Å². The summed E-state index contributed by atoms with van der Waals surface area (Å²) in [5, 5.41) is 0. The Kier molecular flexibility index (Phi) is 4.06. The van der Waals surface area contributed by atoms with Crippen LogP contribution in [0.15, 0.2) is 24.3 Å². The van der Waals surface area contributed by atoms with E-state index in [1.165, 1.54) is 11.1 Å². The number of carbonyl (C=O) groups is 1. The molecule has 3 nitrogen and oxygen atoms in total. The van der Waals surface area contributed by atoms with Crippen LogP contribution in [0.5, 0.6) is 0 Å². The molecule has 0 radical (unpaired) electrons. The summed E-state index contributed by atoms with van der Waals surface area (Å²) in [5.41, 5.74) is 2.74. The maximum absolute atomic E-state index is 12.3. The third-order valence-electron chi connectivity index (χ3n) is 4.60. The van der Waals surface area contributed by atoms with Crippen LogP contribution in [0.1, 0.15) is 42.7 Å². The predicted molar refractivity (Wildman–Crippen MR) is 78.7 cm³/mol. The lowest BCUT2D eigenvalue weighted by molar-refractivity contribution is -0.132. The molecule has 3 rings (SSSR count). The van der Waals surface area contributed by atoms with Gasteiger partial charge in [0.05, 0.1) is 12.5 Å². The lowest BCUT2D eigenvalue weighted by atomic mass is 9.94. The van der Waals surface area contributed by atoms with Gasteiger partial charge in [-0.05, 0) is 37.3 Å². The van der Waals surface area contributed by atoms with Gasteiger partial charge in [-0.25, -0.2) is 0 Å². The van der Waals surface area contributed by atoms with Crippen LogP contribution in [0.2, 0.25) is 0 Å². The summed E-state index contributed by atoms with van der Waals surface area (Å²) in [6.07, 6.45) is 3.97. The number of carbonyl (C=O) groups excluding carboxylic acids is 1. The fourth-order valence-electron chi connectivity index (χ4n) is 3.41. The molecule has 2 saturated heterocycles. The van der Waals surface area contributed by atoms with Crippen LogP contribution in [0.25, 0.3) is 0 Å². The number of hydrogen-bond acceptors (Lipinski definition) is 2. The van der Waals surface area contributed by atoms with Gasteiger partial charge in [-0.15, -0.1) is 0 Å². The minimum atomic E-state index is 0.167. The molecule has 0 aromatic heterocycles. The number of ether oxygens (including phenoxy) is 1. The van der Waals surface area contributed by atoms with Gasteiger partial charge >= 0.3 is 0 Å². The zero-order valence-corrected chi connectivity index (χ0v) is 12.2. The Labute approximate surface area is 120 Å². The predicted octanol–water partition coefficient (Wildman–Crippen LogP) is 2.88. The Morgan fingerprint density at radius 2 is 2.20 bits per heavy atom. The second-order valence-corrected chi connectivity index (χ2v) is 6.02. The van der Waals surface area contributed by atoms with Crippen molar-refractivity contribution in [1.82, 2.24) is 4.90 Å². The molecule has 108 valence electrons. The molecular formula is C17H23NO2. The molecule has 0 aliphatic carbocycles. The first kappa shape index (κ1) is 13.6. The first-order valence-corrected chi connectivity index (χ1v) is 7.69. The van der Waals surface area contributed by atoms with Crippen molar-refractivity contribution >= 4 is 5.91 Å². The first-order valence-electron chi connectivity index (χ1n) is 7.69. The zero-order valence-electron chi connectivity index (χ0n) is 12.2. The molecule has 1 amide bonds. The summed E-state index contributed by atoms with van der Waals surface area (Å²) < 4.78 is 5.57. The SMILES string of the molecule is Cc1ccccc1C1CCN(C(=O)CC2CCCO2)C1. The minimum Gasteiger partial charge on any atom is -0.378 e. The first-order chi connectivity index (χ1) is 9.74. The highest BCUT2D eigenvalue weighted by atomic mass is 16.5. The molecule has 1 aromatic rings. The molecular weight excluding hydrogens is 250 g/mol. The van der Waals surface area contributed by atoms with Crippen molar-refractivity contribution in [2.75, 3.05) is 19.7 Å². The normalized spacial score (nSPS) is 26.1. The van der Waals surface area contributed by atoms with Crippen LogP contribution >= 0.6 is 0 Å². The van der Waals surface area contributed by atoms with Crippen molar-refractivity contribution in [2.24, 2.45) is 0 Å². The number of hydrogen-bond donors (Lipinski definition) is 0. The smallest absolute Gasteiger partial charge is 0.225 e. The summed E-state index contributed by atoms with van der Waals surface area (Å²) in [4.78, 5) is 14.3. The number of aryl methyl sites for hydroxylation is 1. The highest BCUT2D eigenvalue weighted by Crippen LogP contribution is 2.30. The van der Waals surface area contributed by atoms with Gasteiger partial charge in [0.15, 0.2) is 0 Å². The van der Waals surface area contributed by atoms with Crippen molar-refractivity contribution in [1.29, 1.82) is 0 Å². The van der Waals surface area contributed by atoms with Crippen LogP contribution in [-0.2, 0) is 9.53 Å². The summed E-state index contributed by atoms with van der Waals surface area (Å²) in [7, 11) is 0. The van der Waals surface area contributed by atoms with Crippen molar-refractivity contribution in [2.45, 2.75) is 44.6 Å². The summed E-state index contributed by atoms with van der Waals surface area (Å²) in [6.45, 7) is 4.75. The number of nitrogens with zero attached hydrogens (tertiary/aromatic N) is 1. The van der Waals surface area contributed by atoms with Crippen LogP contribution in [0.3, 0.4) is 0 Å². The van der Waals surface area contributed by atoms with Crippen molar-refractivity contribution in [3.63, 3.8) is 0 Å². The van der Waals surface area contributed by atoms with Gasteiger partial charge in [0.2, 0.25) is 5.91 Å². The van der Waals surface area contributed by atoms with E-state index in [2.05, 4.69) is 31.2 Å². The Morgan fingerprint density at radius 1 is 1.35 bits per heavy atom. The van der Waals surface area contributed by atoms with Gasteiger partial charge in [-0.1, -0.05) is 24.3 Å². The second-order valence-electron chi connectivity index (χ2n) is 6.02. The third-order valence-corrected chi connectivity index (χ3v) is 4.60. The minimum absolute atomic E-state index is 0.167. The fourth-order valence-corrected chi connectivity index (χ4v) is 3.41. The van der Waals surface area contributed by atoms with E-state index in [9.17, 15) is 4.79 Å². The Hall–Kier alpha value is -1.35. The van der Waals surface area contributed by atoms with E-state index in [4.69, 9.17) is 4.74 Å². The lowest BCUT2D eigenvalue weighted by Gasteiger charge is -2.19. The van der Waals surface area contributed by atoms with Gasteiger partial charge in [0, 0.05) is 25.6 Å². The molecule has 2 heterocycles. The average molecular weight is 273 g/mol. The van der Waals surface area contributed by atoms with Gasteiger partial charge < -0.3 is 9.64 Å². The summed E-state index contributed by atoms with van der Waals surface area (Å²) >= 11 is 0. The topological polar surface area (TPSA) is 29.5 Å². The molecule has 2 fully saturated rings. The quantitative estimate of drug-likeness (QED) is 0.847. The van der Waals surface area contributed by atoms with Crippen molar-refractivity contribution in [3.05, 3.63) is 35.4 Å². The van der Waals surface area contributed by atoms with E-state index < -0.39 is 0 Å². The third kappa shape index (κ3) is 2.88.